The van der Waals surface area contributed by atoms with Crippen LogP contribution in [0.4, 0.5) is 11.4 Å². The Kier molecular flexibility index (Phi) is 5.57. The number of amides is 3. The number of hydrogen-bond acceptors (Lipinski definition) is 7. The zero-order chi connectivity index (χ0) is 19.3. The van der Waals surface area contributed by atoms with Crippen LogP contribution in [-0.2, 0) is 0 Å². The van der Waals surface area contributed by atoms with Crippen LogP contribution in [0.1, 0.15) is 31.1 Å². The average molecular weight is 358 g/mol. The van der Waals surface area contributed by atoms with Crippen molar-refractivity contribution in [3.63, 3.8) is 0 Å². The summed E-state index contributed by atoms with van der Waals surface area (Å²) in [5, 5.41) is 13.1. The molecule has 2 rings (SSSR count). The van der Waals surface area contributed by atoms with Gasteiger partial charge in [0.05, 0.1) is 4.92 Å². The molecule has 0 atom stereocenters. The van der Waals surface area contributed by atoms with Gasteiger partial charge in [0.25, 0.3) is 23.4 Å². The molecule has 0 fully saturated rings. The van der Waals surface area contributed by atoms with Gasteiger partial charge in [0.1, 0.15) is 0 Å². The van der Waals surface area contributed by atoms with Gasteiger partial charge in [-0.15, -0.1) is 0 Å². The summed E-state index contributed by atoms with van der Waals surface area (Å²) in [6.45, 7) is 0. The van der Waals surface area contributed by atoms with Crippen LogP contribution in [0.15, 0.2) is 42.5 Å². The molecule has 0 bridgehead atoms. The lowest BCUT2D eigenvalue weighted by atomic mass is 10.1. The fourth-order valence-electron chi connectivity index (χ4n) is 2.07. The number of nitrogens with one attached hydrogen (secondary N) is 3. The van der Waals surface area contributed by atoms with Crippen molar-refractivity contribution in [2.45, 2.75) is 0 Å². The predicted octanol–water partition coefficient (Wildman–Crippen LogP) is 0.0541. The highest BCUT2D eigenvalue weighted by molar-refractivity contribution is 6.06. The molecule has 11 nitrogen and oxygen atoms in total. The number of carbonyl (C=O) groups excluding carboxylic acids is 3. The molecule has 0 aliphatic rings. The first-order valence-corrected chi connectivity index (χ1v) is 7.08. The van der Waals surface area contributed by atoms with Crippen LogP contribution in [0, 0.1) is 10.1 Å². The first-order valence-electron chi connectivity index (χ1n) is 7.08. The molecular weight excluding hydrogens is 344 g/mol. The highest BCUT2D eigenvalue weighted by Crippen LogP contribution is 2.18. The van der Waals surface area contributed by atoms with E-state index in [2.05, 4.69) is 5.32 Å². The largest absolute Gasteiger partial charge is 0.322 e. The summed E-state index contributed by atoms with van der Waals surface area (Å²) in [4.78, 5) is 45.7. The van der Waals surface area contributed by atoms with Crippen molar-refractivity contribution in [3.05, 3.63) is 69.3 Å². The van der Waals surface area contributed by atoms with E-state index in [0.29, 0.717) is 0 Å². The number of nitro benzene ring substituents is 1. The maximum atomic E-state index is 12.3. The SMILES string of the molecule is NNC(=O)c1cc(NC(=O)c2ccc([N+](=O)[O-])cc2)cc(C(=O)NN)c1. The highest BCUT2D eigenvalue weighted by Gasteiger charge is 2.15. The van der Waals surface area contributed by atoms with Gasteiger partial charge >= 0.3 is 0 Å². The summed E-state index contributed by atoms with van der Waals surface area (Å²) in [7, 11) is 0. The van der Waals surface area contributed by atoms with E-state index in [1.165, 1.54) is 42.5 Å². The molecule has 0 saturated carbocycles. The normalized spacial score (nSPS) is 9.92. The maximum absolute atomic E-state index is 12.3. The van der Waals surface area contributed by atoms with Crippen LogP contribution in [0.2, 0.25) is 0 Å². The fraction of sp³-hybridized carbons (Fsp3) is 0. The second kappa shape index (κ2) is 7.83. The number of nitrogen functional groups attached to an aromatic ring is 2. The van der Waals surface area contributed by atoms with Crippen molar-refractivity contribution in [1.82, 2.24) is 10.9 Å². The number of hydrogen-bond donors (Lipinski definition) is 5. The highest BCUT2D eigenvalue weighted by atomic mass is 16.6. The van der Waals surface area contributed by atoms with E-state index in [0.717, 1.165) is 0 Å². The molecule has 7 N–H and O–H groups in total. The van der Waals surface area contributed by atoms with Gasteiger partial charge in [-0.25, -0.2) is 11.7 Å². The molecule has 0 unspecified atom stereocenters. The number of benzene rings is 2. The molecule has 2 aromatic carbocycles. The Morgan fingerprint density at radius 1 is 0.808 bits per heavy atom. The van der Waals surface area contributed by atoms with Crippen molar-refractivity contribution in [2.24, 2.45) is 11.7 Å². The molecule has 2 aromatic rings. The zero-order valence-corrected chi connectivity index (χ0v) is 13.2. The van der Waals surface area contributed by atoms with Crippen LogP contribution in [0.5, 0.6) is 0 Å². The van der Waals surface area contributed by atoms with Gasteiger partial charge < -0.3 is 5.32 Å². The summed E-state index contributed by atoms with van der Waals surface area (Å²) < 4.78 is 0. The second-order valence-electron chi connectivity index (χ2n) is 5.00. The van der Waals surface area contributed by atoms with E-state index < -0.39 is 22.6 Å². The van der Waals surface area contributed by atoms with Crippen molar-refractivity contribution >= 4 is 29.1 Å². The lowest BCUT2D eigenvalue weighted by Gasteiger charge is -2.10. The van der Waals surface area contributed by atoms with Gasteiger partial charge in [-0.3, -0.25) is 35.3 Å². The van der Waals surface area contributed by atoms with Gasteiger partial charge in [0.15, 0.2) is 0 Å². The van der Waals surface area contributed by atoms with E-state index in [4.69, 9.17) is 11.7 Å². The number of non-ortho nitro benzene ring substituents is 1. The number of nitrogens with zero attached hydrogens (tertiary/aromatic N) is 1. The summed E-state index contributed by atoms with van der Waals surface area (Å²) in [5.41, 5.74) is 3.99. The van der Waals surface area contributed by atoms with Crippen LogP contribution < -0.4 is 27.9 Å². The van der Waals surface area contributed by atoms with E-state index in [1.807, 2.05) is 10.9 Å². The number of rotatable bonds is 5. The lowest BCUT2D eigenvalue weighted by Crippen LogP contribution is -2.32. The number of anilines is 1. The topological polar surface area (TPSA) is 182 Å². The van der Waals surface area contributed by atoms with Crippen LogP contribution >= 0.6 is 0 Å². The van der Waals surface area contributed by atoms with E-state index in [-0.39, 0.29) is 28.1 Å². The summed E-state index contributed by atoms with van der Waals surface area (Å²) in [5.74, 6) is 8.20. The zero-order valence-electron chi connectivity index (χ0n) is 13.2. The molecule has 0 radical (unpaired) electrons. The van der Waals surface area contributed by atoms with E-state index in [1.54, 1.807) is 0 Å². The summed E-state index contributed by atoms with van der Waals surface area (Å²) in [6, 6.07) is 8.76. The Balaban J connectivity index is 2.31. The molecule has 0 saturated heterocycles. The van der Waals surface area contributed by atoms with Gasteiger partial charge in [-0.1, -0.05) is 0 Å². The van der Waals surface area contributed by atoms with Crippen molar-refractivity contribution in [3.8, 4) is 0 Å². The third-order valence-corrected chi connectivity index (χ3v) is 3.32. The minimum atomic E-state index is -0.678. The number of carbonyl (C=O) groups is 3. The monoisotopic (exact) mass is 358 g/mol. The Morgan fingerprint density at radius 2 is 1.31 bits per heavy atom. The fourth-order valence-corrected chi connectivity index (χ4v) is 2.07. The Morgan fingerprint density at radius 3 is 1.73 bits per heavy atom. The van der Waals surface area contributed by atoms with Crippen LogP contribution in [0.25, 0.3) is 0 Å². The third-order valence-electron chi connectivity index (χ3n) is 3.32. The van der Waals surface area contributed by atoms with Crippen molar-refractivity contribution < 1.29 is 19.3 Å². The molecule has 0 spiro atoms. The van der Waals surface area contributed by atoms with Crippen molar-refractivity contribution in [1.29, 1.82) is 0 Å². The minimum Gasteiger partial charge on any atom is -0.322 e. The van der Waals surface area contributed by atoms with Gasteiger partial charge in [0, 0.05) is 34.5 Å². The summed E-state index contributed by atoms with van der Waals surface area (Å²) in [6.07, 6.45) is 0. The van der Waals surface area contributed by atoms with Crippen molar-refractivity contribution in [2.75, 3.05) is 5.32 Å². The quantitative estimate of drug-likeness (QED) is 0.216. The Hall–Kier alpha value is -3.83. The number of nitrogens with two attached hydrogens (primary N) is 2. The molecule has 134 valence electrons. The molecular formula is C15H14N6O5. The lowest BCUT2D eigenvalue weighted by molar-refractivity contribution is -0.384. The molecule has 11 heteroatoms. The standard InChI is InChI=1S/C15H14N6O5/c16-19-14(23)9-5-10(15(24)20-17)7-11(6-9)18-13(22)8-1-3-12(4-2-8)21(25)26/h1-7H,16-17H2,(H,18,22)(H,19,23)(H,20,24). The van der Waals surface area contributed by atoms with E-state index >= 15 is 0 Å². The molecule has 26 heavy (non-hydrogen) atoms. The number of nitro groups is 1. The smallest absolute Gasteiger partial charge is 0.269 e. The molecule has 0 aliphatic carbocycles. The van der Waals surface area contributed by atoms with E-state index in [9.17, 15) is 24.5 Å². The van der Waals surface area contributed by atoms with Gasteiger partial charge in [-0.2, -0.15) is 0 Å². The molecule has 0 aromatic heterocycles. The Labute approximate surface area is 146 Å². The molecule has 0 aliphatic heterocycles. The van der Waals surface area contributed by atoms with Crippen LogP contribution in [-0.4, -0.2) is 22.6 Å². The molecule has 3 amide bonds. The number of hydrazine groups is 2. The average Bonchev–Trinajstić information content (AvgIpc) is 2.66. The first kappa shape index (κ1) is 18.5. The minimum absolute atomic E-state index is 0.0209. The van der Waals surface area contributed by atoms with Crippen LogP contribution in [0.3, 0.4) is 0 Å². The second-order valence-corrected chi connectivity index (χ2v) is 5.00. The predicted molar refractivity (Wildman–Crippen MR) is 90.8 cm³/mol. The first-order chi connectivity index (χ1) is 12.3. The maximum Gasteiger partial charge on any atom is 0.269 e. The van der Waals surface area contributed by atoms with Gasteiger partial charge in [0.2, 0.25) is 0 Å². The Bertz CT molecular complexity index is 846. The van der Waals surface area contributed by atoms with Gasteiger partial charge in [-0.05, 0) is 30.3 Å². The third kappa shape index (κ3) is 4.17. The molecule has 0 heterocycles. The summed E-state index contributed by atoms with van der Waals surface area (Å²) >= 11 is 0.